The van der Waals surface area contributed by atoms with Gasteiger partial charge >= 0.3 is 12.1 Å². The van der Waals surface area contributed by atoms with Crippen molar-refractivity contribution in [2.75, 3.05) is 27.2 Å². The van der Waals surface area contributed by atoms with Gasteiger partial charge in [0.2, 0.25) is 5.91 Å². The van der Waals surface area contributed by atoms with Crippen molar-refractivity contribution in [3.63, 3.8) is 0 Å². The third kappa shape index (κ3) is 7.56. The lowest BCUT2D eigenvalue weighted by atomic mass is 9.87. The first kappa shape index (κ1) is 30.8. The van der Waals surface area contributed by atoms with E-state index in [1.54, 1.807) is 0 Å². The van der Waals surface area contributed by atoms with Crippen LogP contribution in [0.3, 0.4) is 0 Å². The fourth-order valence-electron chi connectivity index (χ4n) is 5.61. The SMILES string of the molecule is CN(Cc1ccccc1)CC(NC(=O)OCC1c2ccccc2-c2ccccc21)C(=O)N(C)C(CC(C)(C)C)C(=O)O. The molecule has 0 fully saturated rings. The summed E-state index contributed by atoms with van der Waals surface area (Å²) in [5.41, 5.74) is 5.16. The molecule has 8 heteroatoms. The number of benzene rings is 3. The summed E-state index contributed by atoms with van der Waals surface area (Å²) < 4.78 is 5.73. The molecule has 0 spiro atoms. The van der Waals surface area contributed by atoms with Crippen LogP contribution in [0.4, 0.5) is 4.79 Å². The van der Waals surface area contributed by atoms with Gasteiger partial charge in [-0.05, 0) is 46.7 Å². The molecule has 2 unspecified atom stereocenters. The van der Waals surface area contributed by atoms with Gasteiger partial charge in [-0.3, -0.25) is 9.69 Å². The van der Waals surface area contributed by atoms with Gasteiger partial charge in [0.1, 0.15) is 18.7 Å². The maximum absolute atomic E-state index is 13.8. The summed E-state index contributed by atoms with van der Waals surface area (Å²) >= 11 is 0. The Bertz CT molecular complexity index is 1360. The molecular weight excluding hydrogens is 530 g/mol. The first-order valence-electron chi connectivity index (χ1n) is 14.3. The summed E-state index contributed by atoms with van der Waals surface area (Å²) in [6.45, 7) is 6.62. The molecule has 2 amide bonds. The van der Waals surface area contributed by atoms with Crippen LogP contribution in [0.1, 0.15) is 49.8 Å². The Hall–Kier alpha value is -4.17. The van der Waals surface area contributed by atoms with E-state index in [-0.39, 0.29) is 30.9 Å². The van der Waals surface area contributed by atoms with Gasteiger partial charge in [0.05, 0.1) is 0 Å². The maximum Gasteiger partial charge on any atom is 0.407 e. The zero-order valence-corrected chi connectivity index (χ0v) is 25.0. The Morgan fingerprint density at radius 3 is 1.98 bits per heavy atom. The quantitative estimate of drug-likeness (QED) is 0.321. The van der Waals surface area contributed by atoms with Gasteiger partial charge in [0, 0.05) is 26.1 Å². The number of hydrogen-bond acceptors (Lipinski definition) is 5. The Balaban J connectivity index is 1.50. The van der Waals surface area contributed by atoms with Crippen LogP contribution < -0.4 is 5.32 Å². The van der Waals surface area contributed by atoms with E-state index in [2.05, 4.69) is 17.4 Å². The fraction of sp³-hybridized carbons (Fsp3) is 0.382. The third-order valence-corrected chi connectivity index (χ3v) is 7.63. The zero-order valence-electron chi connectivity index (χ0n) is 25.0. The van der Waals surface area contributed by atoms with Crippen molar-refractivity contribution in [1.82, 2.24) is 15.1 Å². The lowest BCUT2D eigenvalue weighted by molar-refractivity contribution is -0.151. The number of alkyl carbamates (subject to hydrolysis) is 1. The highest BCUT2D eigenvalue weighted by Crippen LogP contribution is 2.44. The first-order valence-corrected chi connectivity index (χ1v) is 14.3. The van der Waals surface area contributed by atoms with Gasteiger partial charge in [-0.1, -0.05) is 99.6 Å². The number of nitrogens with one attached hydrogen (secondary N) is 1. The van der Waals surface area contributed by atoms with Crippen LogP contribution in [0.25, 0.3) is 11.1 Å². The van der Waals surface area contributed by atoms with Gasteiger partial charge in [-0.25, -0.2) is 9.59 Å². The summed E-state index contributed by atoms with van der Waals surface area (Å²) in [6, 6.07) is 23.9. The summed E-state index contributed by atoms with van der Waals surface area (Å²) in [7, 11) is 3.34. The van der Waals surface area contributed by atoms with Crippen LogP contribution in [0.5, 0.6) is 0 Å². The number of aliphatic carboxylic acids is 1. The molecule has 8 nitrogen and oxygen atoms in total. The van der Waals surface area contributed by atoms with E-state index >= 15 is 0 Å². The number of fused-ring (bicyclic) bond motifs is 3. The van der Waals surface area contributed by atoms with Crippen LogP contribution in [-0.2, 0) is 20.9 Å². The minimum absolute atomic E-state index is 0.109. The van der Waals surface area contributed by atoms with Crippen molar-refractivity contribution < 1.29 is 24.2 Å². The number of carboxylic acids is 1. The van der Waals surface area contributed by atoms with E-state index in [9.17, 15) is 19.5 Å². The largest absolute Gasteiger partial charge is 0.480 e. The topological polar surface area (TPSA) is 99.2 Å². The number of rotatable bonds is 11. The Labute approximate surface area is 248 Å². The molecule has 3 aromatic carbocycles. The number of ether oxygens (including phenoxy) is 1. The molecule has 0 aromatic heterocycles. The van der Waals surface area contributed by atoms with E-state index in [1.165, 1.54) is 11.9 Å². The van der Waals surface area contributed by atoms with Crippen molar-refractivity contribution >= 4 is 18.0 Å². The summed E-state index contributed by atoms with van der Waals surface area (Å²) in [4.78, 5) is 42.3. The molecule has 2 N–H and O–H groups in total. The molecule has 0 aliphatic heterocycles. The number of carboxylic acid groups (broad SMARTS) is 1. The number of nitrogens with zero attached hydrogens (tertiary/aromatic N) is 2. The van der Waals surface area contributed by atoms with Gasteiger partial charge < -0.3 is 20.1 Å². The maximum atomic E-state index is 13.8. The molecule has 0 heterocycles. The Kier molecular flexibility index (Phi) is 9.68. The van der Waals surface area contributed by atoms with Crippen LogP contribution in [0, 0.1) is 5.41 Å². The van der Waals surface area contributed by atoms with Gasteiger partial charge in [-0.2, -0.15) is 0 Å². The zero-order chi connectivity index (χ0) is 30.4. The van der Waals surface area contributed by atoms with Gasteiger partial charge in [0.15, 0.2) is 0 Å². The molecule has 0 bridgehead atoms. The Morgan fingerprint density at radius 1 is 0.881 bits per heavy atom. The minimum atomic E-state index is -1.08. The molecule has 42 heavy (non-hydrogen) atoms. The summed E-state index contributed by atoms with van der Waals surface area (Å²) in [5.74, 6) is -1.69. The Morgan fingerprint density at radius 2 is 1.43 bits per heavy atom. The lowest BCUT2D eigenvalue weighted by Gasteiger charge is -2.33. The molecule has 3 aromatic rings. The number of hydrogen-bond donors (Lipinski definition) is 2. The van der Waals surface area contributed by atoms with Crippen LogP contribution >= 0.6 is 0 Å². The third-order valence-electron chi connectivity index (χ3n) is 7.63. The van der Waals surface area contributed by atoms with Crippen LogP contribution in [-0.4, -0.2) is 72.2 Å². The van der Waals surface area contributed by atoms with Crippen molar-refractivity contribution in [2.45, 2.75) is 51.7 Å². The minimum Gasteiger partial charge on any atom is -0.480 e. The van der Waals surface area contributed by atoms with E-state index in [1.807, 2.05) is 99.4 Å². The predicted octanol–water partition coefficient (Wildman–Crippen LogP) is 5.37. The second kappa shape index (κ2) is 13.2. The molecule has 1 aliphatic rings. The number of carbonyl (C=O) groups is 3. The molecule has 0 radical (unpaired) electrons. The van der Waals surface area contributed by atoms with E-state index in [0.717, 1.165) is 27.8 Å². The molecule has 1 aliphatic carbocycles. The van der Waals surface area contributed by atoms with Crippen LogP contribution in [0.2, 0.25) is 0 Å². The van der Waals surface area contributed by atoms with Crippen molar-refractivity contribution in [2.24, 2.45) is 5.41 Å². The predicted molar refractivity (Wildman–Crippen MR) is 163 cm³/mol. The number of amides is 2. The highest BCUT2D eigenvalue weighted by atomic mass is 16.5. The van der Waals surface area contributed by atoms with Crippen molar-refractivity contribution in [3.8, 4) is 11.1 Å². The van der Waals surface area contributed by atoms with E-state index in [4.69, 9.17) is 4.74 Å². The van der Waals surface area contributed by atoms with E-state index < -0.39 is 30.1 Å². The smallest absolute Gasteiger partial charge is 0.407 e. The lowest BCUT2D eigenvalue weighted by Crippen LogP contribution is -2.56. The standard InChI is InChI=1S/C34H41N3O5/c1-34(2,3)19-30(32(39)40)37(5)31(38)29(21-36(4)20-23-13-7-6-8-14-23)35-33(41)42-22-28-26-17-11-9-15-24(26)25-16-10-12-18-27(25)28/h6-18,28-30H,19-22H2,1-5H3,(H,35,41)(H,39,40). The second-order valence-electron chi connectivity index (χ2n) is 12.3. The average molecular weight is 572 g/mol. The molecular formula is C34H41N3O5. The summed E-state index contributed by atoms with van der Waals surface area (Å²) in [6.07, 6.45) is -0.457. The molecule has 0 saturated heterocycles. The highest BCUT2D eigenvalue weighted by molar-refractivity contribution is 5.89. The number of likely N-dealkylation sites (N-methyl/N-ethyl adjacent to an activating group) is 2. The fourth-order valence-corrected chi connectivity index (χ4v) is 5.61. The normalized spacial score (nSPS) is 14.0. The molecule has 4 rings (SSSR count). The van der Waals surface area contributed by atoms with Gasteiger partial charge in [0.25, 0.3) is 0 Å². The molecule has 0 saturated carbocycles. The monoisotopic (exact) mass is 571 g/mol. The van der Waals surface area contributed by atoms with Crippen molar-refractivity contribution in [1.29, 1.82) is 0 Å². The van der Waals surface area contributed by atoms with Crippen molar-refractivity contribution in [3.05, 3.63) is 95.6 Å². The highest BCUT2D eigenvalue weighted by Gasteiger charge is 2.36. The second-order valence-corrected chi connectivity index (χ2v) is 12.3. The van der Waals surface area contributed by atoms with Crippen LogP contribution in [0.15, 0.2) is 78.9 Å². The van der Waals surface area contributed by atoms with E-state index in [0.29, 0.717) is 6.54 Å². The first-order chi connectivity index (χ1) is 19.9. The van der Waals surface area contributed by atoms with Gasteiger partial charge in [-0.15, -0.1) is 0 Å². The number of carbonyl (C=O) groups excluding carboxylic acids is 2. The molecule has 222 valence electrons. The summed E-state index contributed by atoms with van der Waals surface area (Å²) in [5, 5.41) is 12.7. The molecule has 2 atom stereocenters. The average Bonchev–Trinajstić information content (AvgIpc) is 3.27.